The van der Waals surface area contributed by atoms with Gasteiger partial charge in [0.25, 0.3) is 5.56 Å². The molecule has 1 saturated heterocycles. The van der Waals surface area contributed by atoms with E-state index in [0.29, 0.717) is 11.1 Å². The predicted octanol–water partition coefficient (Wildman–Crippen LogP) is -1.58. The highest BCUT2D eigenvalue weighted by Gasteiger charge is 2.45. The summed E-state index contributed by atoms with van der Waals surface area (Å²) in [6, 6.07) is 6.29. The fourth-order valence-corrected chi connectivity index (χ4v) is 3.28. The molecule has 1 aliphatic rings. The van der Waals surface area contributed by atoms with Crippen molar-refractivity contribution in [3.8, 4) is 11.1 Å². The maximum Gasteiger partial charge on any atom is 0.469 e. The van der Waals surface area contributed by atoms with Crippen molar-refractivity contribution in [1.82, 2.24) is 9.55 Å². The van der Waals surface area contributed by atoms with Gasteiger partial charge < -0.3 is 29.8 Å². The van der Waals surface area contributed by atoms with Gasteiger partial charge in [0.1, 0.15) is 18.3 Å². The Morgan fingerprint density at radius 3 is 2.38 bits per heavy atom. The third-order valence-corrected chi connectivity index (χ3v) is 4.92. The van der Waals surface area contributed by atoms with E-state index >= 15 is 0 Å². The van der Waals surface area contributed by atoms with Gasteiger partial charge in [0, 0.05) is 6.20 Å². The predicted molar refractivity (Wildman–Crippen MR) is 96.6 cm³/mol. The number of phosphoric ester groups is 1. The number of hydrogen-bond acceptors (Lipinski definition) is 8. The highest BCUT2D eigenvalue weighted by molar-refractivity contribution is 7.46. The standard InChI is InChI=1S/C16H19N2O10P/c19-6-8-1-3-9(4-2-8)10-5-18(16(23)17-14(10)22)15-13(21)12(20)11(28-15)7-27-29(24,25)26/h1-5,11-13,15,19-21H,6-7H2,(H,17,22,23)(H2,24,25,26)/t11-,12-,13-,15-/m1/s1. The molecule has 13 heteroatoms. The third-order valence-electron chi connectivity index (χ3n) is 4.43. The molecule has 0 saturated carbocycles. The van der Waals surface area contributed by atoms with Crippen molar-refractivity contribution in [1.29, 1.82) is 0 Å². The van der Waals surface area contributed by atoms with Gasteiger partial charge in [0.05, 0.1) is 18.8 Å². The van der Waals surface area contributed by atoms with E-state index in [0.717, 1.165) is 10.8 Å². The molecule has 2 heterocycles. The number of rotatable bonds is 6. The van der Waals surface area contributed by atoms with E-state index < -0.39 is 50.2 Å². The van der Waals surface area contributed by atoms with Crippen LogP contribution in [0.25, 0.3) is 11.1 Å². The first-order valence-electron chi connectivity index (χ1n) is 8.38. The van der Waals surface area contributed by atoms with E-state index in [-0.39, 0.29) is 12.2 Å². The number of aromatic nitrogens is 2. The van der Waals surface area contributed by atoms with Gasteiger partial charge in [-0.25, -0.2) is 9.36 Å². The molecule has 0 unspecified atom stereocenters. The number of aliphatic hydroxyl groups is 3. The maximum atomic E-state index is 12.2. The molecule has 3 rings (SSSR count). The van der Waals surface area contributed by atoms with Gasteiger partial charge in [0.15, 0.2) is 6.23 Å². The summed E-state index contributed by atoms with van der Waals surface area (Å²) in [6.07, 6.45) is -4.85. The lowest BCUT2D eigenvalue weighted by molar-refractivity contribution is -0.0542. The summed E-state index contributed by atoms with van der Waals surface area (Å²) < 4.78 is 21.3. The first-order valence-corrected chi connectivity index (χ1v) is 9.91. The number of hydrogen-bond donors (Lipinski definition) is 6. The van der Waals surface area contributed by atoms with E-state index in [1.54, 1.807) is 24.3 Å². The minimum atomic E-state index is -4.83. The lowest BCUT2D eigenvalue weighted by atomic mass is 10.1. The molecule has 2 aromatic rings. The topological polar surface area (TPSA) is 192 Å². The van der Waals surface area contributed by atoms with Gasteiger partial charge in [-0.05, 0) is 11.1 Å². The molecule has 29 heavy (non-hydrogen) atoms. The molecule has 0 bridgehead atoms. The molecule has 1 aliphatic heterocycles. The number of aromatic amines is 1. The minimum Gasteiger partial charge on any atom is -0.392 e. The SMILES string of the molecule is O=c1[nH]c(=O)n([C@@H]2O[C@H](COP(=O)(O)O)[C@@H](O)[C@H]2O)cc1-c1ccc(CO)cc1. The fourth-order valence-electron chi connectivity index (χ4n) is 2.94. The van der Waals surface area contributed by atoms with Gasteiger partial charge in [-0.15, -0.1) is 0 Å². The summed E-state index contributed by atoms with van der Waals surface area (Å²) in [7, 11) is -4.83. The third kappa shape index (κ3) is 4.71. The first-order chi connectivity index (χ1) is 13.6. The highest BCUT2D eigenvalue weighted by Crippen LogP contribution is 2.38. The van der Waals surface area contributed by atoms with Crippen molar-refractivity contribution in [2.24, 2.45) is 0 Å². The monoisotopic (exact) mass is 430 g/mol. The molecular formula is C16H19N2O10P. The first kappa shape index (κ1) is 21.6. The lowest BCUT2D eigenvalue weighted by Gasteiger charge is -2.18. The van der Waals surface area contributed by atoms with Crippen molar-refractivity contribution in [2.75, 3.05) is 6.61 Å². The van der Waals surface area contributed by atoms with Crippen molar-refractivity contribution >= 4 is 7.82 Å². The van der Waals surface area contributed by atoms with E-state index in [1.165, 1.54) is 0 Å². The van der Waals surface area contributed by atoms with Crippen LogP contribution in [0.15, 0.2) is 40.1 Å². The molecule has 6 N–H and O–H groups in total. The lowest BCUT2D eigenvalue weighted by Crippen LogP contribution is -2.38. The molecule has 0 amide bonds. The Bertz CT molecular complexity index is 1030. The molecule has 1 fully saturated rings. The Hall–Kier alpha value is -2.15. The number of ether oxygens (including phenoxy) is 1. The number of aliphatic hydroxyl groups excluding tert-OH is 3. The van der Waals surface area contributed by atoms with Crippen LogP contribution in [0, 0.1) is 0 Å². The summed E-state index contributed by atoms with van der Waals surface area (Å²) in [5.41, 5.74) is -0.513. The maximum absolute atomic E-state index is 12.2. The van der Waals surface area contributed by atoms with Gasteiger partial charge >= 0.3 is 13.5 Å². The Labute approximate surface area is 162 Å². The quantitative estimate of drug-likeness (QED) is 0.292. The molecule has 4 atom stereocenters. The number of nitrogens with one attached hydrogen (secondary N) is 1. The normalized spacial score (nSPS) is 24.7. The molecule has 12 nitrogen and oxygen atoms in total. The Balaban J connectivity index is 1.93. The zero-order valence-electron chi connectivity index (χ0n) is 14.8. The van der Waals surface area contributed by atoms with Crippen molar-refractivity contribution in [3.63, 3.8) is 0 Å². The van der Waals surface area contributed by atoms with Crippen LogP contribution >= 0.6 is 7.82 Å². The molecular weight excluding hydrogens is 411 g/mol. The fraction of sp³-hybridized carbons (Fsp3) is 0.375. The largest absolute Gasteiger partial charge is 0.469 e. The molecule has 0 spiro atoms. The second kappa shape index (κ2) is 8.30. The zero-order valence-corrected chi connectivity index (χ0v) is 15.7. The van der Waals surface area contributed by atoms with Crippen molar-refractivity contribution < 1.29 is 38.9 Å². The number of benzene rings is 1. The molecule has 158 valence electrons. The zero-order chi connectivity index (χ0) is 21.3. The van der Waals surface area contributed by atoms with E-state index in [9.17, 15) is 24.4 Å². The molecule has 1 aromatic carbocycles. The summed E-state index contributed by atoms with van der Waals surface area (Å²) in [4.78, 5) is 44.1. The summed E-state index contributed by atoms with van der Waals surface area (Å²) in [5.74, 6) is 0. The van der Waals surface area contributed by atoms with Gasteiger partial charge in [-0.2, -0.15) is 0 Å². The minimum absolute atomic E-state index is 0.0642. The Morgan fingerprint density at radius 2 is 1.79 bits per heavy atom. The van der Waals surface area contributed by atoms with Crippen LogP contribution in [-0.4, -0.2) is 59.6 Å². The molecule has 0 radical (unpaired) electrons. The average molecular weight is 430 g/mol. The van der Waals surface area contributed by atoms with Crippen LogP contribution in [-0.2, 0) is 20.4 Å². The van der Waals surface area contributed by atoms with Crippen LogP contribution < -0.4 is 11.2 Å². The van der Waals surface area contributed by atoms with Gasteiger partial charge in [0.2, 0.25) is 0 Å². The van der Waals surface area contributed by atoms with Crippen LogP contribution in [0.5, 0.6) is 0 Å². The number of H-pyrrole nitrogens is 1. The second-order valence-corrected chi connectivity index (χ2v) is 7.64. The average Bonchev–Trinajstić information content (AvgIpc) is 2.94. The van der Waals surface area contributed by atoms with E-state index in [4.69, 9.17) is 19.6 Å². The van der Waals surface area contributed by atoms with E-state index in [2.05, 4.69) is 9.51 Å². The van der Waals surface area contributed by atoms with Crippen molar-refractivity contribution in [2.45, 2.75) is 31.1 Å². The van der Waals surface area contributed by atoms with Crippen LogP contribution in [0.1, 0.15) is 11.8 Å². The second-order valence-electron chi connectivity index (χ2n) is 6.40. The molecule has 0 aliphatic carbocycles. The van der Waals surface area contributed by atoms with Gasteiger partial charge in [-0.3, -0.25) is 18.9 Å². The summed E-state index contributed by atoms with van der Waals surface area (Å²) >= 11 is 0. The Kier molecular flexibility index (Phi) is 6.17. The number of phosphoric acid groups is 1. The van der Waals surface area contributed by atoms with Crippen LogP contribution in [0.3, 0.4) is 0 Å². The van der Waals surface area contributed by atoms with Gasteiger partial charge in [-0.1, -0.05) is 24.3 Å². The van der Waals surface area contributed by atoms with E-state index in [1.807, 2.05) is 0 Å². The summed E-state index contributed by atoms with van der Waals surface area (Å²) in [6.45, 7) is -0.916. The Morgan fingerprint density at radius 1 is 1.14 bits per heavy atom. The summed E-state index contributed by atoms with van der Waals surface area (Å²) in [5, 5.41) is 29.4. The van der Waals surface area contributed by atoms with Crippen LogP contribution in [0.2, 0.25) is 0 Å². The van der Waals surface area contributed by atoms with Crippen LogP contribution in [0.4, 0.5) is 0 Å². The smallest absolute Gasteiger partial charge is 0.392 e. The van der Waals surface area contributed by atoms with Crippen molar-refractivity contribution in [3.05, 3.63) is 56.9 Å². The highest BCUT2D eigenvalue weighted by atomic mass is 31.2. The molecule has 1 aromatic heterocycles. The number of nitrogens with zero attached hydrogens (tertiary/aromatic N) is 1.